The number of hydrazone groups is 1. The Labute approximate surface area is 217 Å². The molecule has 0 fully saturated rings. The molecule has 0 saturated heterocycles. The molecule has 1 aliphatic heterocycles. The van der Waals surface area contributed by atoms with Gasteiger partial charge in [-0.15, -0.1) is 0 Å². The van der Waals surface area contributed by atoms with Gasteiger partial charge >= 0.3 is 0 Å². The summed E-state index contributed by atoms with van der Waals surface area (Å²) in [7, 11) is 1.40. The normalized spacial score (nSPS) is 18.1. The monoisotopic (exact) mass is 528 g/mol. The van der Waals surface area contributed by atoms with Gasteiger partial charge in [0.2, 0.25) is 11.9 Å². The van der Waals surface area contributed by atoms with Crippen LogP contribution in [0.25, 0.3) is 0 Å². The summed E-state index contributed by atoms with van der Waals surface area (Å²) in [5.74, 6) is -2.16. The van der Waals surface area contributed by atoms with Gasteiger partial charge in [0.05, 0.1) is 0 Å². The van der Waals surface area contributed by atoms with Crippen molar-refractivity contribution in [1.29, 1.82) is 5.26 Å². The summed E-state index contributed by atoms with van der Waals surface area (Å²) < 4.78 is 34.0. The summed E-state index contributed by atoms with van der Waals surface area (Å²) >= 11 is 1.14. The maximum absolute atomic E-state index is 14.7. The van der Waals surface area contributed by atoms with Gasteiger partial charge in [0.1, 0.15) is 27.7 Å². The molecule has 37 heavy (non-hydrogen) atoms. The smallest absolute Gasteiger partial charge is 0.273 e. The summed E-state index contributed by atoms with van der Waals surface area (Å²) in [6, 6.07) is 12.2. The maximum Gasteiger partial charge on any atom is 0.273 e. The van der Waals surface area contributed by atoms with E-state index in [0.717, 1.165) is 30.0 Å². The van der Waals surface area contributed by atoms with Crippen molar-refractivity contribution in [2.45, 2.75) is 37.7 Å². The molecule has 0 radical (unpaired) electrons. The van der Waals surface area contributed by atoms with E-state index < -0.39 is 34.4 Å². The second-order valence-corrected chi connectivity index (χ2v) is 9.33. The van der Waals surface area contributed by atoms with E-state index in [2.05, 4.69) is 20.7 Å². The molecule has 194 valence electrons. The lowest BCUT2D eigenvalue weighted by Crippen LogP contribution is -2.46. The number of hydrogen-bond donors (Lipinski definition) is 2. The molecule has 1 unspecified atom stereocenters. The van der Waals surface area contributed by atoms with E-state index in [9.17, 15) is 18.4 Å². The number of ether oxygens (including phenoxy) is 1. The molecule has 1 aliphatic rings. The fourth-order valence-corrected chi connectivity index (χ4v) is 5.11. The standard InChI is InChI=1S/C25H26F2N6O3S/c1-16(36-3)23(35)33-25(18-8-5-4-6-9-18,12-7-13-29-24(30-15-28)31-17(2)34)37-22(32-33)20-14-19(26)10-11-21(20)27/h4-6,8-11,14,16H,7,12-13H2,1-3H3,(H2,29,30,31,34)/t16-,25?/m0/s1. The van der Waals surface area contributed by atoms with E-state index >= 15 is 0 Å². The van der Waals surface area contributed by atoms with Crippen LogP contribution in [0.15, 0.2) is 58.6 Å². The van der Waals surface area contributed by atoms with E-state index in [0.29, 0.717) is 18.4 Å². The van der Waals surface area contributed by atoms with Gasteiger partial charge < -0.3 is 4.74 Å². The predicted molar refractivity (Wildman–Crippen MR) is 136 cm³/mol. The molecular formula is C25H26F2N6O3S. The Morgan fingerprint density at radius 1 is 1.27 bits per heavy atom. The lowest BCUT2D eigenvalue weighted by atomic mass is 9.99. The Kier molecular flexibility index (Phi) is 9.32. The summed E-state index contributed by atoms with van der Waals surface area (Å²) in [5, 5.41) is 19.5. The van der Waals surface area contributed by atoms with Crippen molar-refractivity contribution in [2.75, 3.05) is 13.7 Å². The Morgan fingerprint density at radius 2 is 2.00 bits per heavy atom. The van der Waals surface area contributed by atoms with E-state index in [1.807, 2.05) is 30.3 Å². The highest BCUT2D eigenvalue weighted by atomic mass is 32.2. The molecule has 0 bridgehead atoms. The Balaban J connectivity index is 2.02. The lowest BCUT2D eigenvalue weighted by molar-refractivity contribution is -0.144. The highest BCUT2D eigenvalue weighted by molar-refractivity contribution is 8.15. The van der Waals surface area contributed by atoms with Crippen LogP contribution < -0.4 is 10.6 Å². The van der Waals surface area contributed by atoms with Crippen molar-refractivity contribution in [3.8, 4) is 6.19 Å². The van der Waals surface area contributed by atoms with Gasteiger partial charge in [-0.2, -0.15) is 10.4 Å². The first-order chi connectivity index (χ1) is 17.7. The molecule has 0 aromatic heterocycles. The minimum atomic E-state index is -1.12. The number of nitriles is 1. The third-order valence-electron chi connectivity index (χ3n) is 5.50. The van der Waals surface area contributed by atoms with Crippen molar-refractivity contribution in [3.05, 3.63) is 71.3 Å². The number of thioether (sulfide) groups is 1. The van der Waals surface area contributed by atoms with Crippen molar-refractivity contribution in [2.24, 2.45) is 10.1 Å². The Hall–Kier alpha value is -3.82. The van der Waals surface area contributed by atoms with Crippen LogP contribution in [0.1, 0.15) is 37.8 Å². The van der Waals surface area contributed by atoms with Crippen LogP contribution in [-0.4, -0.2) is 47.6 Å². The SMILES string of the molecule is CO[C@@H](C)C(=O)N1N=C(c2cc(F)ccc2F)SC1(CCCN=C(NC#N)NC(C)=O)c1ccccc1. The fraction of sp³-hybridized carbons (Fsp3) is 0.320. The molecule has 12 heteroatoms. The van der Waals surface area contributed by atoms with Crippen LogP contribution in [0.3, 0.4) is 0 Å². The minimum Gasteiger partial charge on any atom is -0.372 e. The number of carbonyl (C=O) groups is 2. The average Bonchev–Trinajstić information content (AvgIpc) is 3.27. The number of rotatable bonds is 8. The van der Waals surface area contributed by atoms with E-state index in [1.165, 1.54) is 19.0 Å². The molecule has 2 N–H and O–H groups in total. The van der Waals surface area contributed by atoms with Crippen molar-refractivity contribution in [1.82, 2.24) is 15.6 Å². The predicted octanol–water partition coefficient (Wildman–Crippen LogP) is 3.43. The van der Waals surface area contributed by atoms with Crippen LogP contribution >= 0.6 is 11.8 Å². The first-order valence-electron chi connectivity index (χ1n) is 11.3. The van der Waals surface area contributed by atoms with E-state index in [4.69, 9.17) is 10.00 Å². The number of nitrogens with one attached hydrogen (secondary N) is 2. The number of guanidine groups is 1. The molecule has 3 rings (SSSR count). The minimum absolute atomic E-state index is 0.00236. The highest BCUT2D eigenvalue weighted by Gasteiger charge is 2.49. The van der Waals surface area contributed by atoms with Gasteiger partial charge in [-0.25, -0.2) is 13.8 Å². The summed E-state index contributed by atoms with van der Waals surface area (Å²) in [4.78, 5) is 27.9. The molecular weight excluding hydrogens is 502 g/mol. The second kappa shape index (κ2) is 12.4. The van der Waals surface area contributed by atoms with E-state index in [1.54, 1.807) is 13.1 Å². The van der Waals surface area contributed by atoms with Crippen molar-refractivity contribution < 1.29 is 23.1 Å². The number of halogens is 2. The average molecular weight is 529 g/mol. The number of nitrogens with zero attached hydrogens (tertiary/aromatic N) is 4. The topological polar surface area (TPSA) is 119 Å². The van der Waals surface area contributed by atoms with Crippen LogP contribution in [0.5, 0.6) is 0 Å². The first kappa shape index (κ1) is 27.8. The maximum atomic E-state index is 14.7. The zero-order valence-corrected chi connectivity index (χ0v) is 21.3. The van der Waals surface area contributed by atoms with Crippen LogP contribution in [-0.2, 0) is 19.2 Å². The fourth-order valence-electron chi connectivity index (χ4n) is 3.69. The number of benzene rings is 2. The first-order valence-corrected chi connectivity index (χ1v) is 12.2. The van der Waals surface area contributed by atoms with Crippen LogP contribution in [0.2, 0.25) is 0 Å². The van der Waals surface area contributed by atoms with Gasteiger partial charge in [-0.1, -0.05) is 42.1 Å². The summed E-state index contributed by atoms with van der Waals surface area (Å²) in [6.07, 6.45) is 1.55. The van der Waals surface area contributed by atoms with Crippen LogP contribution in [0, 0.1) is 23.1 Å². The highest BCUT2D eigenvalue weighted by Crippen LogP contribution is 2.51. The molecule has 0 saturated carbocycles. The van der Waals surface area contributed by atoms with Gasteiger partial charge in [-0.05, 0) is 43.5 Å². The molecule has 2 atom stereocenters. The second-order valence-electron chi connectivity index (χ2n) is 8.06. The molecule has 9 nitrogen and oxygen atoms in total. The molecule has 2 aromatic rings. The number of methoxy groups -OCH3 is 1. The zero-order chi connectivity index (χ0) is 27.0. The van der Waals surface area contributed by atoms with Gasteiger partial charge in [0, 0.05) is 26.1 Å². The molecule has 1 heterocycles. The number of hydrogen-bond acceptors (Lipinski definition) is 7. The molecule has 2 amide bonds. The molecule has 2 aromatic carbocycles. The van der Waals surface area contributed by atoms with Gasteiger partial charge in [0.15, 0.2) is 6.19 Å². The van der Waals surface area contributed by atoms with Crippen LogP contribution in [0.4, 0.5) is 8.78 Å². The third kappa shape index (κ3) is 6.49. The quantitative estimate of drug-likeness (QED) is 0.178. The summed E-state index contributed by atoms with van der Waals surface area (Å²) in [6.45, 7) is 3.06. The number of carbonyl (C=O) groups excluding carboxylic acids is 2. The van der Waals surface area contributed by atoms with E-state index in [-0.39, 0.29) is 23.1 Å². The molecule has 0 aliphatic carbocycles. The zero-order valence-electron chi connectivity index (χ0n) is 20.5. The third-order valence-corrected chi connectivity index (χ3v) is 6.95. The Bertz CT molecular complexity index is 1250. The Morgan fingerprint density at radius 3 is 2.65 bits per heavy atom. The van der Waals surface area contributed by atoms with Gasteiger partial charge in [0.25, 0.3) is 5.91 Å². The van der Waals surface area contributed by atoms with Crippen molar-refractivity contribution in [3.63, 3.8) is 0 Å². The summed E-state index contributed by atoms with van der Waals surface area (Å²) in [5.41, 5.74) is 0.656. The lowest BCUT2D eigenvalue weighted by Gasteiger charge is -2.36. The number of amides is 2. The largest absolute Gasteiger partial charge is 0.372 e. The molecule has 0 spiro atoms. The van der Waals surface area contributed by atoms with Gasteiger partial charge in [-0.3, -0.25) is 25.2 Å². The number of aliphatic imine (C=N–C) groups is 1. The van der Waals surface area contributed by atoms with Crippen molar-refractivity contribution >= 4 is 34.6 Å².